The molecule has 0 aliphatic heterocycles. The minimum atomic E-state index is -0.965. The highest BCUT2D eigenvalue weighted by atomic mass is 35.5. The summed E-state index contributed by atoms with van der Waals surface area (Å²) in [5.41, 5.74) is 7.61. The van der Waals surface area contributed by atoms with Gasteiger partial charge in [0, 0.05) is 24.1 Å². The number of aromatic nitrogens is 1. The number of carboxylic acid groups (broad SMARTS) is 1. The van der Waals surface area contributed by atoms with Crippen molar-refractivity contribution in [3.63, 3.8) is 0 Å². The van der Waals surface area contributed by atoms with Gasteiger partial charge >= 0.3 is 5.97 Å². The van der Waals surface area contributed by atoms with Crippen LogP contribution in [-0.4, -0.2) is 21.7 Å². The Morgan fingerprint density at radius 2 is 2.18 bits per heavy atom. The molecule has 0 unspecified atom stereocenters. The lowest BCUT2D eigenvalue weighted by Crippen LogP contribution is -2.32. The molecule has 0 aliphatic carbocycles. The van der Waals surface area contributed by atoms with Gasteiger partial charge in [0.1, 0.15) is 6.04 Å². The van der Waals surface area contributed by atoms with E-state index in [1.165, 1.54) is 0 Å². The molecule has 0 saturated heterocycles. The number of nitrogens with zero attached hydrogens (tertiary/aromatic N) is 1. The van der Waals surface area contributed by atoms with Gasteiger partial charge in [-0.1, -0.05) is 12.1 Å². The summed E-state index contributed by atoms with van der Waals surface area (Å²) in [7, 11) is 1.96. The van der Waals surface area contributed by atoms with Gasteiger partial charge in [0.2, 0.25) is 0 Å². The molecule has 0 fully saturated rings. The maximum atomic E-state index is 10.7. The third-order valence-electron chi connectivity index (χ3n) is 2.78. The van der Waals surface area contributed by atoms with Crippen LogP contribution in [0.4, 0.5) is 0 Å². The summed E-state index contributed by atoms with van der Waals surface area (Å²) in [6.45, 7) is 0. The fourth-order valence-electron chi connectivity index (χ4n) is 1.87. The van der Waals surface area contributed by atoms with Crippen molar-refractivity contribution < 1.29 is 9.90 Å². The molecule has 1 atom stereocenters. The third-order valence-corrected chi connectivity index (χ3v) is 2.78. The van der Waals surface area contributed by atoms with Crippen molar-refractivity contribution in [3.05, 3.63) is 36.0 Å². The van der Waals surface area contributed by atoms with Crippen molar-refractivity contribution in [1.82, 2.24) is 4.57 Å². The zero-order valence-electron chi connectivity index (χ0n) is 9.46. The highest BCUT2D eigenvalue weighted by Gasteiger charge is 2.14. The zero-order chi connectivity index (χ0) is 11.7. The van der Waals surface area contributed by atoms with E-state index >= 15 is 0 Å². The molecule has 4 nitrogen and oxygen atoms in total. The average molecular weight is 255 g/mol. The van der Waals surface area contributed by atoms with Crippen LogP contribution in [0.3, 0.4) is 0 Å². The van der Waals surface area contributed by atoms with Crippen LogP contribution in [0, 0.1) is 0 Å². The number of nitrogens with two attached hydrogens (primary N) is 1. The number of hydrogen-bond donors (Lipinski definition) is 2. The number of rotatable bonds is 3. The predicted octanol–water partition coefficient (Wildman–Crippen LogP) is 1.55. The first-order chi connectivity index (χ1) is 7.59. The van der Waals surface area contributed by atoms with Crippen molar-refractivity contribution in [2.75, 3.05) is 0 Å². The van der Waals surface area contributed by atoms with Crippen molar-refractivity contribution in [2.45, 2.75) is 12.5 Å². The Morgan fingerprint density at radius 1 is 1.47 bits per heavy atom. The Labute approximate surface area is 105 Å². The molecule has 2 aromatic rings. The van der Waals surface area contributed by atoms with Crippen molar-refractivity contribution >= 4 is 29.3 Å². The zero-order valence-corrected chi connectivity index (χ0v) is 10.3. The van der Waals surface area contributed by atoms with E-state index in [0.29, 0.717) is 6.42 Å². The summed E-state index contributed by atoms with van der Waals surface area (Å²) < 4.78 is 2.01. The Kier molecular flexibility index (Phi) is 4.15. The smallest absolute Gasteiger partial charge is 0.320 e. The van der Waals surface area contributed by atoms with E-state index in [-0.39, 0.29) is 12.4 Å². The van der Waals surface area contributed by atoms with Crippen LogP contribution in [0.2, 0.25) is 0 Å². The molecule has 0 spiro atoms. The van der Waals surface area contributed by atoms with Crippen LogP contribution in [0.5, 0.6) is 0 Å². The number of carboxylic acids is 1. The minimum absolute atomic E-state index is 0. The fourth-order valence-corrected chi connectivity index (χ4v) is 1.87. The Morgan fingerprint density at radius 3 is 2.82 bits per heavy atom. The summed E-state index contributed by atoms with van der Waals surface area (Å²) in [6, 6.07) is 6.99. The van der Waals surface area contributed by atoms with Crippen LogP contribution < -0.4 is 5.73 Å². The molecule has 92 valence electrons. The highest BCUT2D eigenvalue weighted by molar-refractivity contribution is 5.85. The molecular formula is C12H15ClN2O2. The van der Waals surface area contributed by atoms with Crippen molar-refractivity contribution in [1.29, 1.82) is 0 Å². The number of aliphatic carboxylic acids is 1. The van der Waals surface area contributed by atoms with Gasteiger partial charge in [-0.2, -0.15) is 0 Å². The van der Waals surface area contributed by atoms with E-state index in [2.05, 4.69) is 0 Å². The normalized spacial score (nSPS) is 12.1. The molecule has 17 heavy (non-hydrogen) atoms. The number of benzene rings is 1. The third kappa shape index (κ3) is 2.60. The molecule has 1 aromatic carbocycles. The lowest BCUT2D eigenvalue weighted by atomic mass is 10.0. The molecule has 0 amide bonds. The Bertz CT molecular complexity index is 536. The molecule has 1 heterocycles. The van der Waals surface area contributed by atoms with E-state index in [9.17, 15) is 4.79 Å². The summed E-state index contributed by atoms with van der Waals surface area (Å²) in [4.78, 5) is 10.7. The van der Waals surface area contributed by atoms with Gasteiger partial charge in [-0.25, -0.2) is 0 Å². The lowest BCUT2D eigenvalue weighted by molar-refractivity contribution is -0.138. The van der Waals surface area contributed by atoms with Gasteiger partial charge in [-0.15, -0.1) is 12.4 Å². The second kappa shape index (κ2) is 5.21. The number of hydrogen-bond acceptors (Lipinski definition) is 2. The van der Waals surface area contributed by atoms with Gasteiger partial charge in [-0.05, 0) is 24.1 Å². The number of carbonyl (C=O) groups is 1. The molecule has 1 aromatic heterocycles. The molecule has 0 bridgehead atoms. The summed E-state index contributed by atoms with van der Waals surface area (Å²) in [6.07, 6.45) is 2.32. The van der Waals surface area contributed by atoms with Crippen LogP contribution in [-0.2, 0) is 18.3 Å². The molecule has 5 heteroatoms. The van der Waals surface area contributed by atoms with E-state index in [1.807, 2.05) is 42.1 Å². The highest BCUT2D eigenvalue weighted by Crippen LogP contribution is 2.20. The van der Waals surface area contributed by atoms with Crippen molar-refractivity contribution in [3.8, 4) is 0 Å². The Balaban J connectivity index is 0.00000144. The quantitative estimate of drug-likeness (QED) is 0.873. The van der Waals surface area contributed by atoms with Gasteiger partial charge in [-0.3, -0.25) is 4.79 Å². The second-order valence-electron chi connectivity index (χ2n) is 3.93. The molecule has 0 aliphatic rings. The van der Waals surface area contributed by atoms with Crippen LogP contribution in [0.25, 0.3) is 10.9 Å². The van der Waals surface area contributed by atoms with Gasteiger partial charge in [0.15, 0.2) is 0 Å². The SMILES string of the molecule is Cl.Cn1ccc2c(C[C@H](N)C(=O)O)cccc21. The first kappa shape index (κ1) is 13.5. The first-order valence-electron chi connectivity index (χ1n) is 5.11. The number of halogens is 1. The van der Waals surface area contributed by atoms with E-state index in [1.54, 1.807) is 0 Å². The Hall–Kier alpha value is -1.52. The molecule has 0 radical (unpaired) electrons. The molecular weight excluding hydrogens is 240 g/mol. The number of fused-ring (bicyclic) bond motifs is 1. The summed E-state index contributed by atoms with van der Waals surface area (Å²) >= 11 is 0. The van der Waals surface area contributed by atoms with Gasteiger partial charge in [0.25, 0.3) is 0 Å². The lowest BCUT2D eigenvalue weighted by Gasteiger charge is -2.08. The molecule has 0 saturated carbocycles. The maximum Gasteiger partial charge on any atom is 0.320 e. The van der Waals surface area contributed by atoms with Crippen molar-refractivity contribution in [2.24, 2.45) is 12.8 Å². The minimum Gasteiger partial charge on any atom is -0.480 e. The maximum absolute atomic E-state index is 10.7. The molecule has 2 rings (SSSR count). The van der Waals surface area contributed by atoms with Gasteiger partial charge in [0.05, 0.1) is 0 Å². The second-order valence-corrected chi connectivity index (χ2v) is 3.93. The van der Waals surface area contributed by atoms with E-state index < -0.39 is 12.0 Å². The first-order valence-corrected chi connectivity index (χ1v) is 5.11. The van der Waals surface area contributed by atoms with E-state index in [4.69, 9.17) is 10.8 Å². The van der Waals surface area contributed by atoms with Gasteiger partial charge < -0.3 is 15.4 Å². The van der Waals surface area contributed by atoms with E-state index in [0.717, 1.165) is 16.5 Å². The average Bonchev–Trinajstić information content (AvgIpc) is 2.62. The topological polar surface area (TPSA) is 68.2 Å². The standard InChI is InChI=1S/C12H14N2O2.ClH/c1-14-6-5-9-8(3-2-4-11(9)14)7-10(13)12(15)16;/h2-6,10H,7,13H2,1H3,(H,15,16);1H/t10-;/m0./s1. The predicted molar refractivity (Wildman–Crippen MR) is 69.5 cm³/mol. The molecule has 3 N–H and O–H groups in total. The summed E-state index contributed by atoms with van der Waals surface area (Å²) in [5, 5.41) is 9.86. The van der Waals surface area contributed by atoms with Crippen LogP contribution >= 0.6 is 12.4 Å². The van der Waals surface area contributed by atoms with Crippen LogP contribution in [0.1, 0.15) is 5.56 Å². The summed E-state index contributed by atoms with van der Waals surface area (Å²) in [5.74, 6) is -0.965. The number of aryl methyl sites for hydroxylation is 1. The largest absolute Gasteiger partial charge is 0.480 e. The van der Waals surface area contributed by atoms with Crippen LogP contribution in [0.15, 0.2) is 30.5 Å². The fraction of sp³-hybridized carbons (Fsp3) is 0.250. The monoisotopic (exact) mass is 254 g/mol.